The summed E-state index contributed by atoms with van der Waals surface area (Å²) in [5.41, 5.74) is 4.56. The number of rotatable bonds is 3. The molecule has 0 amide bonds. The third kappa shape index (κ3) is 3.32. The number of thiazole rings is 1. The molecule has 0 saturated carbocycles. The molecule has 0 spiro atoms. The predicted molar refractivity (Wildman–Crippen MR) is 118 cm³/mol. The highest BCUT2D eigenvalue weighted by Crippen LogP contribution is 2.45. The first-order chi connectivity index (χ1) is 13.9. The summed E-state index contributed by atoms with van der Waals surface area (Å²) in [6, 6.07) is 6.95. The number of hydrogen-bond acceptors (Lipinski definition) is 6. The van der Waals surface area contributed by atoms with Crippen LogP contribution in [0.4, 0.5) is 5.13 Å². The number of benzene rings is 1. The lowest BCUT2D eigenvalue weighted by molar-refractivity contribution is 0.127. The first-order valence-corrected chi connectivity index (χ1v) is 11.0. The Morgan fingerprint density at radius 2 is 2.14 bits per heavy atom. The molecule has 7 heteroatoms. The van der Waals surface area contributed by atoms with Gasteiger partial charge in [-0.05, 0) is 51.9 Å². The summed E-state index contributed by atoms with van der Waals surface area (Å²) in [4.78, 5) is 11.1. The van der Waals surface area contributed by atoms with Crippen LogP contribution in [0.1, 0.15) is 32.9 Å². The van der Waals surface area contributed by atoms with Gasteiger partial charge >= 0.3 is 0 Å². The van der Waals surface area contributed by atoms with Gasteiger partial charge in [0.15, 0.2) is 5.13 Å². The van der Waals surface area contributed by atoms with Crippen molar-refractivity contribution < 1.29 is 4.74 Å². The van der Waals surface area contributed by atoms with Gasteiger partial charge in [0.25, 0.3) is 0 Å². The van der Waals surface area contributed by atoms with Gasteiger partial charge in [0.05, 0.1) is 16.8 Å². The first kappa shape index (κ1) is 18.6. The zero-order valence-electron chi connectivity index (χ0n) is 17.4. The summed E-state index contributed by atoms with van der Waals surface area (Å²) in [6.07, 6.45) is 4.91. The van der Waals surface area contributed by atoms with Crippen molar-refractivity contribution in [3.05, 3.63) is 36.3 Å². The van der Waals surface area contributed by atoms with Crippen molar-refractivity contribution in [1.82, 2.24) is 20.1 Å². The second-order valence-corrected chi connectivity index (χ2v) is 9.91. The number of hydrogen-bond donors (Lipinski definition) is 1. The van der Waals surface area contributed by atoms with Crippen molar-refractivity contribution in [1.29, 1.82) is 0 Å². The van der Waals surface area contributed by atoms with Crippen LogP contribution in [-0.2, 0) is 6.61 Å². The summed E-state index contributed by atoms with van der Waals surface area (Å²) in [5, 5.41) is 8.04. The quantitative estimate of drug-likeness (QED) is 0.695. The number of nitrogens with zero attached hydrogens (tertiary/aromatic N) is 4. The minimum absolute atomic E-state index is 0.183. The maximum Gasteiger partial charge on any atom is 0.186 e. The summed E-state index contributed by atoms with van der Waals surface area (Å²) in [5.74, 6) is 0.929. The predicted octanol–water partition coefficient (Wildman–Crippen LogP) is 4.40. The number of aromatic amines is 1. The second-order valence-electron chi connectivity index (χ2n) is 8.93. The molecular weight excluding hydrogens is 382 g/mol. The van der Waals surface area contributed by atoms with Crippen molar-refractivity contribution in [2.75, 3.05) is 25.0 Å². The zero-order chi connectivity index (χ0) is 20.2. The molecular formula is C22H27N5OS. The van der Waals surface area contributed by atoms with E-state index in [2.05, 4.69) is 66.0 Å². The number of nitrogens with one attached hydrogen (secondary N) is 1. The molecule has 2 aliphatic heterocycles. The Hall–Kier alpha value is -2.38. The Balaban J connectivity index is 1.40. The van der Waals surface area contributed by atoms with Gasteiger partial charge in [-0.1, -0.05) is 17.4 Å². The first-order valence-electron chi connectivity index (χ1n) is 10.1. The van der Waals surface area contributed by atoms with E-state index in [1.807, 2.05) is 12.4 Å². The standard InChI is InChI=1S/C22H27N5OS/c1-22(2,3)26(4)16-7-8-27(12-16)21-25-18-13-28-19-9-14(15-10-23-24-11-15)5-6-17(19)20(18)29-21/h5-6,9-11,16H,7-8,12-13H2,1-4H3,(H,23,24). The summed E-state index contributed by atoms with van der Waals surface area (Å²) in [7, 11) is 2.24. The molecule has 1 aromatic carbocycles. The molecule has 5 rings (SSSR count). The van der Waals surface area contributed by atoms with Crippen LogP contribution in [0.15, 0.2) is 30.6 Å². The Labute approximate surface area is 175 Å². The van der Waals surface area contributed by atoms with E-state index < -0.39 is 0 Å². The average molecular weight is 410 g/mol. The molecule has 29 heavy (non-hydrogen) atoms. The molecule has 2 aliphatic rings. The molecule has 152 valence electrons. The van der Waals surface area contributed by atoms with Crippen LogP contribution in [0.2, 0.25) is 0 Å². The van der Waals surface area contributed by atoms with Crippen LogP contribution < -0.4 is 9.64 Å². The molecule has 0 aliphatic carbocycles. The van der Waals surface area contributed by atoms with Crippen LogP contribution in [0.25, 0.3) is 21.6 Å². The van der Waals surface area contributed by atoms with Crippen molar-refractivity contribution in [2.45, 2.75) is 45.4 Å². The van der Waals surface area contributed by atoms with E-state index in [1.54, 1.807) is 11.3 Å². The summed E-state index contributed by atoms with van der Waals surface area (Å²) in [6.45, 7) is 9.47. The third-order valence-electron chi connectivity index (χ3n) is 6.15. The van der Waals surface area contributed by atoms with Crippen molar-refractivity contribution in [3.8, 4) is 27.3 Å². The smallest absolute Gasteiger partial charge is 0.186 e. The van der Waals surface area contributed by atoms with Crippen molar-refractivity contribution in [3.63, 3.8) is 0 Å². The highest BCUT2D eigenvalue weighted by Gasteiger charge is 2.33. The van der Waals surface area contributed by atoms with Gasteiger partial charge in [-0.2, -0.15) is 5.10 Å². The van der Waals surface area contributed by atoms with E-state index in [4.69, 9.17) is 9.72 Å². The van der Waals surface area contributed by atoms with Gasteiger partial charge in [0, 0.05) is 42.0 Å². The van der Waals surface area contributed by atoms with Crippen LogP contribution in [-0.4, -0.2) is 51.8 Å². The Morgan fingerprint density at radius 3 is 2.90 bits per heavy atom. The molecule has 2 aromatic heterocycles. The van der Waals surface area contributed by atoms with Crippen molar-refractivity contribution in [2.24, 2.45) is 0 Å². The Bertz CT molecular complexity index is 1020. The summed E-state index contributed by atoms with van der Waals surface area (Å²) >= 11 is 1.80. The highest BCUT2D eigenvalue weighted by molar-refractivity contribution is 7.19. The van der Waals surface area contributed by atoms with E-state index in [-0.39, 0.29) is 5.54 Å². The topological polar surface area (TPSA) is 57.3 Å². The largest absolute Gasteiger partial charge is 0.487 e. The monoisotopic (exact) mass is 409 g/mol. The fourth-order valence-corrected chi connectivity index (χ4v) is 5.26. The molecule has 0 radical (unpaired) electrons. The number of aromatic nitrogens is 3. The minimum Gasteiger partial charge on any atom is -0.487 e. The third-order valence-corrected chi connectivity index (χ3v) is 7.34. The molecule has 1 fully saturated rings. The van der Waals surface area contributed by atoms with Gasteiger partial charge in [-0.15, -0.1) is 0 Å². The normalized spacial score (nSPS) is 18.7. The van der Waals surface area contributed by atoms with Gasteiger partial charge in [-0.25, -0.2) is 4.98 Å². The fraction of sp³-hybridized carbons (Fsp3) is 0.455. The van der Waals surface area contributed by atoms with Crippen LogP contribution in [0.3, 0.4) is 0 Å². The number of H-pyrrole nitrogens is 1. The van der Waals surface area contributed by atoms with E-state index in [1.165, 1.54) is 11.3 Å². The van der Waals surface area contributed by atoms with Crippen LogP contribution in [0, 0.1) is 0 Å². The molecule has 6 nitrogen and oxygen atoms in total. The zero-order valence-corrected chi connectivity index (χ0v) is 18.2. The van der Waals surface area contributed by atoms with Crippen LogP contribution >= 0.6 is 11.3 Å². The fourth-order valence-electron chi connectivity index (χ4n) is 4.13. The molecule has 4 heterocycles. The molecule has 1 unspecified atom stereocenters. The second kappa shape index (κ2) is 6.85. The molecule has 1 N–H and O–H groups in total. The van der Waals surface area contributed by atoms with Gasteiger partial charge in [-0.3, -0.25) is 10.00 Å². The lowest BCUT2D eigenvalue weighted by Gasteiger charge is -2.36. The lowest BCUT2D eigenvalue weighted by Crippen LogP contribution is -2.46. The highest BCUT2D eigenvalue weighted by atomic mass is 32.1. The molecule has 1 atom stereocenters. The van der Waals surface area contributed by atoms with E-state index in [9.17, 15) is 0 Å². The van der Waals surface area contributed by atoms with E-state index >= 15 is 0 Å². The maximum absolute atomic E-state index is 6.06. The van der Waals surface area contributed by atoms with Crippen LogP contribution in [0.5, 0.6) is 5.75 Å². The Morgan fingerprint density at radius 1 is 1.28 bits per heavy atom. The van der Waals surface area contributed by atoms with E-state index in [0.29, 0.717) is 12.6 Å². The van der Waals surface area contributed by atoms with Gasteiger partial charge < -0.3 is 9.64 Å². The van der Waals surface area contributed by atoms with Gasteiger partial charge in [0.2, 0.25) is 0 Å². The molecule has 0 bridgehead atoms. The SMILES string of the molecule is CN(C1CCN(c2nc3c(s2)-c2ccc(-c4cn[nH]c4)cc2OC3)C1)C(C)(C)C. The molecule has 3 aromatic rings. The number of likely N-dealkylation sites (N-methyl/N-ethyl adjacent to an activating group) is 1. The maximum atomic E-state index is 6.06. The summed E-state index contributed by atoms with van der Waals surface area (Å²) < 4.78 is 6.06. The lowest BCUT2D eigenvalue weighted by atomic mass is 10.0. The number of fused-ring (bicyclic) bond motifs is 3. The molecule has 1 saturated heterocycles. The number of anilines is 1. The van der Waals surface area contributed by atoms with E-state index in [0.717, 1.165) is 46.4 Å². The van der Waals surface area contributed by atoms with Gasteiger partial charge in [0.1, 0.15) is 12.4 Å². The minimum atomic E-state index is 0.183. The average Bonchev–Trinajstić information content (AvgIpc) is 3.46. The van der Waals surface area contributed by atoms with Crippen molar-refractivity contribution >= 4 is 16.5 Å². The number of ether oxygens (including phenoxy) is 1. The Kier molecular flexibility index (Phi) is 4.40.